The number of nitrogens with zero attached hydrogens (tertiary/aromatic N) is 2. The van der Waals surface area contributed by atoms with Crippen LogP contribution in [0, 0.1) is 11.7 Å². The van der Waals surface area contributed by atoms with E-state index in [9.17, 15) is 14.0 Å². The van der Waals surface area contributed by atoms with Gasteiger partial charge in [-0.25, -0.2) is 4.39 Å². The molecule has 4 nitrogen and oxygen atoms in total. The molecule has 6 heteroatoms. The van der Waals surface area contributed by atoms with Gasteiger partial charge < -0.3 is 9.80 Å². The van der Waals surface area contributed by atoms with Crippen LogP contribution in [0.5, 0.6) is 0 Å². The zero-order chi connectivity index (χ0) is 24.3. The van der Waals surface area contributed by atoms with Crippen molar-refractivity contribution in [3.8, 4) is 0 Å². The van der Waals surface area contributed by atoms with E-state index in [1.807, 2.05) is 27.3 Å². The summed E-state index contributed by atoms with van der Waals surface area (Å²) in [5.41, 5.74) is 0.885. The van der Waals surface area contributed by atoms with Crippen LogP contribution >= 0.6 is 11.3 Å². The van der Waals surface area contributed by atoms with Crippen LogP contribution < -0.4 is 0 Å². The highest BCUT2D eigenvalue weighted by atomic mass is 32.1. The fourth-order valence-corrected chi connectivity index (χ4v) is 5.57. The van der Waals surface area contributed by atoms with Crippen molar-refractivity contribution in [3.63, 3.8) is 0 Å². The van der Waals surface area contributed by atoms with Gasteiger partial charge in [0.2, 0.25) is 11.8 Å². The molecule has 1 saturated carbocycles. The van der Waals surface area contributed by atoms with Crippen LogP contribution in [0.1, 0.15) is 82.1 Å². The first-order valence-electron chi connectivity index (χ1n) is 12.9. The molecule has 2 aromatic rings. The number of thiophene rings is 1. The summed E-state index contributed by atoms with van der Waals surface area (Å²) in [5.74, 6) is -0.194. The smallest absolute Gasteiger partial charge is 0.242 e. The molecule has 186 valence electrons. The zero-order valence-electron chi connectivity index (χ0n) is 20.7. The molecule has 0 saturated heterocycles. The van der Waals surface area contributed by atoms with E-state index in [1.54, 1.807) is 23.5 Å². The van der Waals surface area contributed by atoms with Crippen molar-refractivity contribution in [3.05, 3.63) is 58.0 Å². The highest BCUT2D eigenvalue weighted by Gasteiger charge is 2.32. The molecular weight excluding hydrogens is 447 g/mol. The van der Waals surface area contributed by atoms with Gasteiger partial charge in [-0.1, -0.05) is 64.2 Å². The summed E-state index contributed by atoms with van der Waals surface area (Å²) >= 11 is 1.62. The maximum absolute atomic E-state index is 13.7. The fourth-order valence-electron chi connectivity index (χ4n) is 4.85. The summed E-state index contributed by atoms with van der Waals surface area (Å²) in [7, 11) is 0. The Balaban J connectivity index is 1.80. The first kappa shape index (κ1) is 26.4. The van der Waals surface area contributed by atoms with Crippen molar-refractivity contribution in [1.29, 1.82) is 0 Å². The summed E-state index contributed by atoms with van der Waals surface area (Å²) < 4.78 is 13.4. The van der Waals surface area contributed by atoms with Gasteiger partial charge in [-0.2, -0.15) is 0 Å². The quantitative estimate of drug-likeness (QED) is 0.331. The zero-order valence-corrected chi connectivity index (χ0v) is 21.5. The van der Waals surface area contributed by atoms with Crippen molar-refractivity contribution in [2.75, 3.05) is 6.54 Å². The highest BCUT2D eigenvalue weighted by Crippen LogP contribution is 2.27. The largest absolute Gasteiger partial charge is 0.332 e. The van der Waals surface area contributed by atoms with E-state index in [1.165, 1.54) is 18.6 Å². The summed E-state index contributed by atoms with van der Waals surface area (Å²) in [4.78, 5) is 32.2. The lowest BCUT2D eigenvalue weighted by Crippen LogP contribution is -2.49. The number of carbonyl (C=O) groups excluding carboxylic acids is 2. The SMILES string of the molecule is CCCCC(CC)C(=O)N(CC(=O)N(Cc1ccc(F)cc1)Cc1cccs1)C1CCCCC1. The molecule has 0 spiro atoms. The van der Waals surface area contributed by atoms with Crippen LogP contribution in [0.4, 0.5) is 4.39 Å². The molecule has 1 atom stereocenters. The second kappa shape index (κ2) is 13.6. The maximum Gasteiger partial charge on any atom is 0.242 e. The van der Waals surface area contributed by atoms with Crippen LogP contribution in [0.2, 0.25) is 0 Å². The molecule has 34 heavy (non-hydrogen) atoms. The monoisotopic (exact) mass is 486 g/mol. The van der Waals surface area contributed by atoms with E-state index in [4.69, 9.17) is 0 Å². The van der Waals surface area contributed by atoms with Gasteiger partial charge in [0, 0.05) is 23.4 Å². The van der Waals surface area contributed by atoms with Gasteiger partial charge in [-0.15, -0.1) is 11.3 Å². The van der Waals surface area contributed by atoms with Gasteiger partial charge in [0.05, 0.1) is 6.54 Å². The average molecular weight is 487 g/mol. The third-order valence-corrected chi connectivity index (χ3v) is 7.78. The Hall–Kier alpha value is -2.21. The first-order chi connectivity index (χ1) is 16.5. The molecule has 1 aliphatic rings. The number of hydrogen-bond acceptors (Lipinski definition) is 3. The number of benzene rings is 1. The van der Waals surface area contributed by atoms with Gasteiger partial charge in [-0.3, -0.25) is 9.59 Å². The molecule has 3 rings (SSSR count). The minimum Gasteiger partial charge on any atom is -0.332 e. The van der Waals surface area contributed by atoms with E-state index in [2.05, 4.69) is 13.8 Å². The number of rotatable bonds is 12. The van der Waals surface area contributed by atoms with E-state index in [-0.39, 0.29) is 36.1 Å². The van der Waals surface area contributed by atoms with Crippen molar-refractivity contribution >= 4 is 23.2 Å². The lowest BCUT2D eigenvalue weighted by Gasteiger charge is -2.37. The molecule has 1 heterocycles. The predicted octanol–water partition coefficient (Wildman–Crippen LogP) is 6.79. The molecule has 0 aliphatic heterocycles. The number of hydrogen-bond donors (Lipinski definition) is 0. The Morgan fingerprint density at radius 3 is 2.41 bits per heavy atom. The molecule has 0 N–H and O–H groups in total. The Morgan fingerprint density at radius 1 is 1.06 bits per heavy atom. The van der Waals surface area contributed by atoms with Gasteiger partial charge in [0.15, 0.2) is 0 Å². The molecule has 1 aromatic heterocycles. The normalized spacial score (nSPS) is 15.1. The van der Waals surface area contributed by atoms with Crippen molar-refractivity contribution in [2.24, 2.45) is 5.92 Å². The number of halogens is 1. The molecule has 1 unspecified atom stereocenters. The average Bonchev–Trinajstić information content (AvgIpc) is 3.37. The Morgan fingerprint density at radius 2 is 1.79 bits per heavy atom. The van der Waals surface area contributed by atoms with Gasteiger partial charge in [0.1, 0.15) is 12.4 Å². The van der Waals surface area contributed by atoms with Crippen LogP contribution in [-0.4, -0.2) is 34.2 Å². The van der Waals surface area contributed by atoms with E-state index >= 15 is 0 Å². The van der Waals surface area contributed by atoms with E-state index in [0.717, 1.165) is 61.8 Å². The van der Waals surface area contributed by atoms with Crippen molar-refractivity contribution < 1.29 is 14.0 Å². The lowest BCUT2D eigenvalue weighted by atomic mass is 9.91. The number of amides is 2. The van der Waals surface area contributed by atoms with Crippen molar-refractivity contribution in [2.45, 2.75) is 90.8 Å². The summed E-state index contributed by atoms with van der Waals surface area (Å²) in [6.45, 7) is 5.25. The fraction of sp³-hybridized carbons (Fsp3) is 0.571. The molecule has 1 fully saturated rings. The van der Waals surface area contributed by atoms with Gasteiger partial charge in [-0.05, 0) is 54.8 Å². The van der Waals surface area contributed by atoms with Crippen molar-refractivity contribution in [1.82, 2.24) is 9.80 Å². The lowest BCUT2D eigenvalue weighted by molar-refractivity contribution is -0.146. The maximum atomic E-state index is 13.7. The van der Waals surface area contributed by atoms with Crippen LogP contribution in [-0.2, 0) is 22.7 Å². The number of carbonyl (C=O) groups is 2. The molecule has 2 amide bonds. The molecule has 1 aliphatic carbocycles. The highest BCUT2D eigenvalue weighted by molar-refractivity contribution is 7.09. The number of unbranched alkanes of at least 4 members (excludes halogenated alkanes) is 1. The minimum absolute atomic E-state index is 0.0162. The third-order valence-electron chi connectivity index (χ3n) is 6.92. The first-order valence-corrected chi connectivity index (χ1v) is 13.7. The second-order valence-electron chi connectivity index (χ2n) is 9.46. The second-order valence-corrected chi connectivity index (χ2v) is 10.5. The standard InChI is InChI=1S/C28H39FN2O2S/c1-3-5-10-23(4-2)28(33)31(25-11-7-6-8-12-25)21-27(32)30(20-26-13-9-18-34-26)19-22-14-16-24(29)17-15-22/h9,13-18,23,25H,3-8,10-12,19-21H2,1-2H3. The van der Waals surface area contributed by atoms with Gasteiger partial charge >= 0.3 is 0 Å². The molecule has 0 radical (unpaired) electrons. The summed E-state index contributed by atoms with van der Waals surface area (Å²) in [5, 5.41) is 2.01. The molecule has 1 aromatic carbocycles. The topological polar surface area (TPSA) is 40.6 Å². The molecule has 0 bridgehead atoms. The van der Waals surface area contributed by atoms with E-state index < -0.39 is 0 Å². The Bertz CT molecular complexity index is 878. The van der Waals surface area contributed by atoms with E-state index in [0.29, 0.717) is 13.1 Å². The van der Waals surface area contributed by atoms with Gasteiger partial charge in [0.25, 0.3) is 0 Å². The molecular formula is C28H39FN2O2S. The van der Waals surface area contributed by atoms with Crippen LogP contribution in [0.3, 0.4) is 0 Å². The summed E-state index contributed by atoms with van der Waals surface area (Å²) in [6, 6.07) is 10.5. The van der Waals surface area contributed by atoms with Crippen LogP contribution in [0.15, 0.2) is 41.8 Å². The Kier molecular flexibility index (Phi) is 10.6. The van der Waals surface area contributed by atoms with Crippen LogP contribution in [0.25, 0.3) is 0 Å². The third kappa shape index (κ3) is 7.66. The predicted molar refractivity (Wildman–Crippen MR) is 137 cm³/mol. The Labute approximate surface area is 208 Å². The minimum atomic E-state index is -0.286. The summed E-state index contributed by atoms with van der Waals surface area (Å²) in [6.07, 6.45) is 9.19.